The fourth-order valence-corrected chi connectivity index (χ4v) is 3.91. The van der Waals surface area contributed by atoms with Crippen LogP contribution in [0.1, 0.15) is 36.8 Å². The highest BCUT2D eigenvalue weighted by molar-refractivity contribution is 6.09. The Hall–Kier alpha value is -1.46. The van der Waals surface area contributed by atoms with Gasteiger partial charge in [0, 0.05) is 13.0 Å². The van der Waals surface area contributed by atoms with E-state index in [2.05, 4.69) is 0 Å². The van der Waals surface area contributed by atoms with Gasteiger partial charge in [-0.25, -0.2) is 4.39 Å². The second kappa shape index (κ2) is 7.19. The molecule has 2 amide bonds. The highest BCUT2D eigenvalue weighted by Gasteiger charge is 2.53. The van der Waals surface area contributed by atoms with Gasteiger partial charge in [0.2, 0.25) is 11.8 Å². The minimum Gasteiger partial charge on any atom is -0.309 e. The summed E-state index contributed by atoms with van der Waals surface area (Å²) in [6.07, 6.45) is 3.29. The Bertz CT molecular complexity index is 650. The molecule has 132 valence electrons. The number of likely N-dealkylation sites (tertiary alicyclic amines) is 1. The summed E-state index contributed by atoms with van der Waals surface area (Å²) in [5.74, 6) is -0.588. The van der Waals surface area contributed by atoms with Crippen LogP contribution in [0.5, 0.6) is 0 Å². The van der Waals surface area contributed by atoms with Crippen LogP contribution in [0, 0.1) is 5.82 Å². The lowest BCUT2D eigenvalue weighted by molar-refractivity contribution is -0.140. The van der Waals surface area contributed by atoms with Crippen LogP contribution in [-0.4, -0.2) is 48.8 Å². The Morgan fingerprint density at radius 3 is 2.75 bits per heavy atom. The molecule has 1 unspecified atom stereocenters. The van der Waals surface area contributed by atoms with E-state index in [1.807, 2.05) is 19.0 Å². The predicted molar refractivity (Wildman–Crippen MR) is 92.8 cm³/mol. The molecule has 0 N–H and O–H groups in total. The van der Waals surface area contributed by atoms with E-state index >= 15 is 0 Å². The lowest BCUT2D eigenvalue weighted by atomic mass is 9.69. The molecule has 2 aliphatic rings. The Kier molecular flexibility index (Phi) is 5.66. The van der Waals surface area contributed by atoms with Crippen LogP contribution in [-0.2, 0) is 21.4 Å². The highest BCUT2D eigenvalue weighted by atomic mass is 35.5. The van der Waals surface area contributed by atoms with Crippen molar-refractivity contribution >= 4 is 24.2 Å². The van der Waals surface area contributed by atoms with Gasteiger partial charge in [-0.05, 0) is 69.6 Å². The van der Waals surface area contributed by atoms with Crippen molar-refractivity contribution < 1.29 is 14.0 Å². The van der Waals surface area contributed by atoms with Gasteiger partial charge in [0.15, 0.2) is 0 Å². The van der Waals surface area contributed by atoms with Crippen molar-refractivity contribution in [3.63, 3.8) is 0 Å². The number of aryl methyl sites for hydroxylation is 1. The quantitative estimate of drug-likeness (QED) is 0.780. The lowest BCUT2D eigenvalue weighted by Gasteiger charge is -2.33. The fourth-order valence-electron chi connectivity index (χ4n) is 3.91. The molecule has 1 aromatic carbocycles. The van der Waals surface area contributed by atoms with Crippen LogP contribution in [0.4, 0.5) is 4.39 Å². The Balaban J connectivity index is 0.00000208. The number of imide groups is 1. The number of halogens is 2. The Morgan fingerprint density at radius 1 is 1.29 bits per heavy atom. The van der Waals surface area contributed by atoms with Crippen LogP contribution in [0.25, 0.3) is 0 Å². The third-order valence-electron chi connectivity index (χ3n) is 5.03. The first kappa shape index (κ1) is 18.9. The number of amides is 2. The average molecular weight is 355 g/mol. The lowest BCUT2D eigenvalue weighted by Crippen LogP contribution is -2.41. The highest BCUT2D eigenvalue weighted by Crippen LogP contribution is 2.45. The van der Waals surface area contributed by atoms with Crippen molar-refractivity contribution in [3.05, 3.63) is 35.1 Å². The number of hydrogen-bond acceptors (Lipinski definition) is 3. The molecule has 1 fully saturated rings. The minimum absolute atomic E-state index is 0. The molecule has 0 bridgehead atoms. The van der Waals surface area contributed by atoms with E-state index in [4.69, 9.17) is 0 Å². The standard InChI is InChI=1S/C18H23FN2O2.ClH/c1-20(2)9-4-10-21-16(22)12-18(17(21)23)8-3-5-13-6-7-14(19)11-15(13)18;/h6-7,11H,3-5,8-10,12H2,1-2H3;1H. The molecular formula is C18H24ClFN2O2. The normalized spacial score (nSPS) is 22.9. The topological polar surface area (TPSA) is 40.6 Å². The molecule has 0 aromatic heterocycles. The molecule has 0 saturated carbocycles. The van der Waals surface area contributed by atoms with Gasteiger partial charge in [0.05, 0.1) is 5.41 Å². The zero-order chi connectivity index (χ0) is 16.6. The first-order valence-corrected chi connectivity index (χ1v) is 8.22. The van der Waals surface area contributed by atoms with E-state index in [0.717, 1.165) is 36.9 Å². The Morgan fingerprint density at radius 2 is 2.04 bits per heavy atom. The second-order valence-corrected chi connectivity index (χ2v) is 6.92. The molecule has 1 spiro atoms. The van der Waals surface area contributed by atoms with E-state index in [1.54, 1.807) is 6.07 Å². The third-order valence-corrected chi connectivity index (χ3v) is 5.03. The summed E-state index contributed by atoms with van der Waals surface area (Å²) in [4.78, 5) is 28.9. The molecule has 6 heteroatoms. The summed E-state index contributed by atoms with van der Waals surface area (Å²) in [6, 6.07) is 4.66. The second-order valence-electron chi connectivity index (χ2n) is 6.92. The monoisotopic (exact) mass is 354 g/mol. The van der Waals surface area contributed by atoms with Crippen LogP contribution < -0.4 is 0 Å². The molecule has 24 heavy (non-hydrogen) atoms. The number of fused-ring (bicyclic) bond motifs is 2. The van der Waals surface area contributed by atoms with Gasteiger partial charge in [-0.1, -0.05) is 6.07 Å². The van der Waals surface area contributed by atoms with Gasteiger partial charge in [-0.2, -0.15) is 0 Å². The zero-order valence-corrected chi connectivity index (χ0v) is 15.0. The smallest absolute Gasteiger partial charge is 0.240 e. The molecule has 1 aromatic rings. The van der Waals surface area contributed by atoms with Gasteiger partial charge in [-0.3, -0.25) is 14.5 Å². The number of benzene rings is 1. The van der Waals surface area contributed by atoms with Crippen molar-refractivity contribution in [2.24, 2.45) is 0 Å². The van der Waals surface area contributed by atoms with E-state index in [1.165, 1.54) is 17.0 Å². The van der Waals surface area contributed by atoms with Gasteiger partial charge in [-0.15, -0.1) is 12.4 Å². The first-order valence-electron chi connectivity index (χ1n) is 8.22. The molecule has 1 aliphatic heterocycles. The maximum atomic E-state index is 13.7. The molecule has 1 heterocycles. The fraction of sp³-hybridized carbons (Fsp3) is 0.556. The number of carbonyl (C=O) groups excluding carboxylic acids is 2. The van der Waals surface area contributed by atoms with Crippen molar-refractivity contribution in [1.82, 2.24) is 9.80 Å². The number of nitrogens with zero attached hydrogens (tertiary/aromatic N) is 2. The van der Waals surface area contributed by atoms with Crippen LogP contribution in [0.2, 0.25) is 0 Å². The van der Waals surface area contributed by atoms with Crippen molar-refractivity contribution in [2.45, 2.75) is 37.5 Å². The summed E-state index contributed by atoms with van der Waals surface area (Å²) in [5, 5.41) is 0. The van der Waals surface area contributed by atoms with E-state index in [0.29, 0.717) is 13.0 Å². The van der Waals surface area contributed by atoms with E-state index in [9.17, 15) is 14.0 Å². The molecular weight excluding hydrogens is 331 g/mol. The number of hydrogen-bond donors (Lipinski definition) is 0. The zero-order valence-electron chi connectivity index (χ0n) is 14.2. The van der Waals surface area contributed by atoms with Crippen LogP contribution in [0.15, 0.2) is 18.2 Å². The predicted octanol–water partition coefficient (Wildman–Crippen LogP) is 2.53. The SMILES string of the molecule is CN(C)CCCN1C(=O)CC2(CCCc3ccc(F)cc32)C1=O.Cl. The average Bonchev–Trinajstić information content (AvgIpc) is 2.73. The molecule has 0 radical (unpaired) electrons. The molecule has 3 rings (SSSR count). The van der Waals surface area contributed by atoms with Gasteiger partial charge in [0.25, 0.3) is 0 Å². The summed E-state index contributed by atoms with van der Waals surface area (Å²) in [7, 11) is 3.94. The summed E-state index contributed by atoms with van der Waals surface area (Å²) < 4.78 is 13.7. The molecule has 1 aliphatic carbocycles. The maximum Gasteiger partial charge on any atom is 0.240 e. The third kappa shape index (κ3) is 3.20. The summed E-state index contributed by atoms with van der Waals surface area (Å²) in [5.41, 5.74) is 0.913. The number of carbonyl (C=O) groups is 2. The van der Waals surface area contributed by atoms with Crippen molar-refractivity contribution in [1.29, 1.82) is 0 Å². The molecule has 1 atom stereocenters. The number of rotatable bonds is 4. The van der Waals surface area contributed by atoms with Crippen molar-refractivity contribution in [2.75, 3.05) is 27.2 Å². The largest absolute Gasteiger partial charge is 0.309 e. The molecule has 4 nitrogen and oxygen atoms in total. The maximum absolute atomic E-state index is 13.7. The van der Waals surface area contributed by atoms with Crippen molar-refractivity contribution in [3.8, 4) is 0 Å². The van der Waals surface area contributed by atoms with Crippen LogP contribution >= 0.6 is 12.4 Å². The van der Waals surface area contributed by atoms with E-state index < -0.39 is 5.41 Å². The summed E-state index contributed by atoms with van der Waals surface area (Å²) >= 11 is 0. The van der Waals surface area contributed by atoms with E-state index in [-0.39, 0.29) is 36.5 Å². The van der Waals surface area contributed by atoms with Gasteiger partial charge >= 0.3 is 0 Å². The van der Waals surface area contributed by atoms with Gasteiger partial charge < -0.3 is 4.90 Å². The summed E-state index contributed by atoms with van der Waals surface area (Å²) in [6.45, 7) is 1.28. The first-order chi connectivity index (χ1) is 10.9. The molecule has 1 saturated heterocycles. The Labute approximate surface area is 148 Å². The van der Waals surface area contributed by atoms with Gasteiger partial charge in [0.1, 0.15) is 5.82 Å². The minimum atomic E-state index is -0.828. The van der Waals surface area contributed by atoms with Crippen LogP contribution in [0.3, 0.4) is 0 Å².